The zero-order valence-corrected chi connectivity index (χ0v) is 22.7. The summed E-state index contributed by atoms with van der Waals surface area (Å²) in [5.41, 5.74) is 2.46. The first-order valence-corrected chi connectivity index (χ1v) is 13.2. The van der Waals surface area contributed by atoms with E-state index in [9.17, 15) is 24.6 Å². The summed E-state index contributed by atoms with van der Waals surface area (Å²) in [4.78, 5) is 42.4. The van der Waals surface area contributed by atoms with E-state index in [-0.39, 0.29) is 30.0 Å². The number of nitrogens with one attached hydrogen (secondary N) is 2. The summed E-state index contributed by atoms with van der Waals surface area (Å²) in [5, 5.41) is 25.6. The summed E-state index contributed by atoms with van der Waals surface area (Å²) in [6, 6.07) is 19.4. The predicted octanol–water partition coefficient (Wildman–Crippen LogP) is 5.05. The largest absolute Gasteiger partial charge is 0.478 e. The van der Waals surface area contributed by atoms with Gasteiger partial charge in [0.25, 0.3) is 0 Å². The number of anilines is 1. The van der Waals surface area contributed by atoms with Crippen LogP contribution in [0.1, 0.15) is 56.2 Å². The summed E-state index contributed by atoms with van der Waals surface area (Å²) in [7, 11) is 0. The zero-order valence-electron chi connectivity index (χ0n) is 21.9. The van der Waals surface area contributed by atoms with Gasteiger partial charge in [0.1, 0.15) is 17.6 Å². The van der Waals surface area contributed by atoms with Crippen LogP contribution in [0.2, 0.25) is 0 Å². The third kappa shape index (κ3) is 6.10. The number of nitrogens with zero attached hydrogens (tertiary/aromatic N) is 2. The Morgan fingerprint density at radius 3 is 2.34 bits per heavy atom. The molecule has 2 atom stereocenters. The first-order valence-electron chi connectivity index (χ1n) is 12.8. The van der Waals surface area contributed by atoms with E-state index < -0.39 is 24.0 Å². The molecule has 5 rings (SSSR count). The maximum atomic E-state index is 12.8. The van der Waals surface area contributed by atoms with Gasteiger partial charge >= 0.3 is 11.9 Å². The van der Waals surface area contributed by atoms with E-state index in [1.807, 2.05) is 48.2 Å². The molecule has 0 unspecified atom stereocenters. The molecule has 0 saturated carbocycles. The van der Waals surface area contributed by atoms with E-state index >= 15 is 0 Å². The Morgan fingerprint density at radius 1 is 1.00 bits per heavy atom. The number of carbonyl (C=O) groups excluding carboxylic acids is 1. The topological polar surface area (TPSA) is 145 Å². The van der Waals surface area contributed by atoms with Crippen molar-refractivity contribution in [3.63, 3.8) is 0 Å². The second kappa shape index (κ2) is 11.6. The van der Waals surface area contributed by atoms with Gasteiger partial charge in [-0.2, -0.15) is 0 Å². The highest BCUT2D eigenvalue weighted by molar-refractivity contribution is 7.80. The highest BCUT2D eigenvalue weighted by atomic mass is 32.1. The molecular weight excluding hydrogens is 544 g/mol. The van der Waals surface area contributed by atoms with E-state index in [0.717, 1.165) is 11.6 Å². The molecule has 11 heteroatoms. The number of thiocarbonyl (C=S) groups is 1. The smallest absolute Gasteiger partial charge is 0.335 e. The number of hydrogen-bond donors (Lipinski definition) is 4. The maximum Gasteiger partial charge on any atom is 0.335 e. The second-order valence-corrected chi connectivity index (χ2v) is 9.98. The highest BCUT2D eigenvalue weighted by Crippen LogP contribution is 2.40. The SMILES string of the molecule is Cc1ccc(NC(=O)CCN2C(=S)N[C@H](c3ccccn3)[C@H]2c2ccc(-c3cc(C(=O)O)cc(C(=O)O)c3)o2)cc1. The molecule has 2 aromatic heterocycles. The van der Waals surface area contributed by atoms with Gasteiger partial charge in [0.05, 0.1) is 22.9 Å². The Labute approximate surface area is 240 Å². The number of carbonyl (C=O) groups is 3. The number of aryl methyl sites for hydroxylation is 1. The molecule has 1 aliphatic rings. The van der Waals surface area contributed by atoms with Crippen molar-refractivity contribution in [2.45, 2.75) is 25.4 Å². The third-order valence-electron chi connectivity index (χ3n) is 6.74. The first-order chi connectivity index (χ1) is 19.7. The fraction of sp³-hybridized carbons (Fsp3) is 0.167. The Morgan fingerprint density at radius 2 is 1.71 bits per heavy atom. The average Bonchev–Trinajstić information content (AvgIpc) is 3.58. The highest BCUT2D eigenvalue weighted by Gasteiger charge is 2.41. The minimum Gasteiger partial charge on any atom is -0.478 e. The molecule has 0 radical (unpaired) electrons. The van der Waals surface area contributed by atoms with Gasteiger partial charge in [-0.3, -0.25) is 9.78 Å². The van der Waals surface area contributed by atoms with Crippen LogP contribution >= 0.6 is 12.2 Å². The number of carboxylic acid groups (broad SMARTS) is 2. The molecule has 10 nitrogen and oxygen atoms in total. The molecule has 3 heterocycles. The van der Waals surface area contributed by atoms with Gasteiger partial charge < -0.3 is 30.2 Å². The third-order valence-corrected chi connectivity index (χ3v) is 7.09. The molecule has 1 aliphatic heterocycles. The number of aromatic carboxylic acids is 2. The summed E-state index contributed by atoms with van der Waals surface area (Å²) in [6.07, 6.45) is 1.82. The number of carboxylic acids is 2. The second-order valence-electron chi connectivity index (χ2n) is 9.60. The van der Waals surface area contributed by atoms with E-state index in [1.54, 1.807) is 24.4 Å². The van der Waals surface area contributed by atoms with Crippen LogP contribution in [0.3, 0.4) is 0 Å². The van der Waals surface area contributed by atoms with Crippen LogP contribution in [0.4, 0.5) is 5.69 Å². The minimum atomic E-state index is -1.25. The Balaban J connectivity index is 1.44. The van der Waals surface area contributed by atoms with E-state index in [0.29, 0.717) is 33.6 Å². The molecule has 4 aromatic rings. The van der Waals surface area contributed by atoms with Crippen LogP contribution in [0.5, 0.6) is 0 Å². The number of amides is 1. The van der Waals surface area contributed by atoms with Gasteiger partial charge in [-0.05, 0) is 73.7 Å². The average molecular weight is 571 g/mol. The van der Waals surface area contributed by atoms with Gasteiger partial charge in [0.15, 0.2) is 5.11 Å². The summed E-state index contributed by atoms with van der Waals surface area (Å²) >= 11 is 5.67. The molecule has 0 spiro atoms. The van der Waals surface area contributed by atoms with Gasteiger partial charge in [-0.15, -0.1) is 0 Å². The Kier molecular flexibility index (Phi) is 7.79. The normalized spacial score (nSPS) is 16.3. The number of rotatable bonds is 9. The van der Waals surface area contributed by atoms with Crippen LogP contribution in [0, 0.1) is 6.92 Å². The van der Waals surface area contributed by atoms with E-state index in [1.165, 1.54) is 12.1 Å². The van der Waals surface area contributed by atoms with Crippen molar-refractivity contribution < 1.29 is 29.0 Å². The zero-order chi connectivity index (χ0) is 29.1. The number of benzene rings is 2. The standard InChI is InChI=1S/C30H26N4O6S/c1-17-5-7-21(8-6-17)32-25(35)11-13-34-27(26(33-30(34)41)22-4-2-3-12-31-22)24-10-9-23(40-24)18-14-19(28(36)37)16-20(15-18)29(38)39/h2-10,12,14-16,26-27H,11,13H2,1H3,(H,32,35)(H,33,41)(H,36,37)(H,38,39)/t26-,27-/m1/s1. The lowest BCUT2D eigenvalue weighted by atomic mass is 10.0. The van der Waals surface area contributed by atoms with Crippen molar-refractivity contribution in [1.29, 1.82) is 0 Å². The van der Waals surface area contributed by atoms with Crippen molar-refractivity contribution in [2.24, 2.45) is 0 Å². The Bertz CT molecular complexity index is 1590. The molecule has 2 aromatic carbocycles. The molecule has 4 N–H and O–H groups in total. The van der Waals surface area contributed by atoms with Crippen molar-refractivity contribution in [2.75, 3.05) is 11.9 Å². The van der Waals surface area contributed by atoms with Crippen molar-refractivity contribution in [1.82, 2.24) is 15.2 Å². The van der Waals surface area contributed by atoms with Crippen molar-refractivity contribution in [3.05, 3.63) is 107 Å². The van der Waals surface area contributed by atoms with Crippen LogP contribution in [0.25, 0.3) is 11.3 Å². The molecule has 1 saturated heterocycles. The lowest BCUT2D eigenvalue weighted by Crippen LogP contribution is -2.32. The fourth-order valence-corrected chi connectivity index (χ4v) is 5.05. The Hall–Kier alpha value is -5.03. The minimum absolute atomic E-state index is 0.150. The molecule has 0 bridgehead atoms. The molecule has 1 amide bonds. The van der Waals surface area contributed by atoms with Crippen LogP contribution in [0.15, 0.2) is 83.4 Å². The molecule has 208 valence electrons. The number of hydrogen-bond acceptors (Lipinski definition) is 6. The number of pyridine rings is 1. The summed E-state index contributed by atoms with van der Waals surface area (Å²) < 4.78 is 6.21. The van der Waals surface area contributed by atoms with Gasteiger partial charge in [-0.1, -0.05) is 23.8 Å². The van der Waals surface area contributed by atoms with Crippen LogP contribution in [-0.4, -0.2) is 49.6 Å². The number of furan rings is 1. The molecule has 1 fully saturated rings. The molecule has 0 aliphatic carbocycles. The van der Waals surface area contributed by atoms with E-state index in [2.05, 4.69) is 15.6 Å². The summed E-state index contributed by atoms with van der Waals surface area (Å²) in [5.74, 6) is -1.91. The van der Waals surface area contributed by atoms with Crippen LogP contribution in [-0.2, 0) is 4.79 Å². The van der Waals surface area contributed by atoms with E-state index in [4.69, 9.17) is 16.6 Å². The monoisotopic (exact) mass is 570 g/mol. The maximum absolute atomic E-state index is 12.8. The van der Waals surface area contributed by atoms with Crippen molar-refractivity contribution in [3.8, 4) is 11.3 Å². The molecular formula is C30H26N4O6S. The van der Waals surface area contributed by atoms with Crippen molar-refractivity contribution >= 4 is 40.9 Å². The van der Waals surface area contributed by atoms with Gasteiger partial charge in [-0.25, -0.2) is 9.59 Å². The van der Waals surface area contributed by atoms with Gasteiger partial charge in [0.2, 0.25) is 5.91 Å². The predicted molar refractivity (Wildman–Crippen MR) is 155 cm³/mol. The summed E-state index contributed by atoms with van der Waals surface area (Å²) in [6.45, 7) is 2.25. The molecule has 41 heavy (non-hydrogen) atoms. The lowest BCUT2D eigenvalue weighted by molar-refractivity contribution is -0.116. The lowest BCUT2D eigenvalue weighted by Gasteiger charge is -2.25. The van der Waals surface area contributed by atoms with Crippen LogP contribution < -0.4 is 10.6 Å². The fourth-order valence-electron chi connectivity index (χ4n) is 4.72. The number of aromatic nitrogens is 1. The van der Waals surface area contributed by atoms with Gasteiger partial charge in [0, 0.05) is 30.4 Å². The first kappa shape index (κ1) is 27.5. The quantitative estimate of drug-likeness (QED) is 0.202.